The van der Waals surface area contributed by atoms with Crippen molar-refractivity contribution < 1.29 is 0 Å². The Morgan fingerprint density at radius 1 is 1.22 bits per heavy atom. The van der Waals surface area contributed by atoms with Crippen LogP contribution >= 0.6 is 11.3 Å². The fourth-order valence-electron chi connectivity index (χ4n) is 3.73. The van der Waals surface area contributed by atoms with Crippen LogP contribution in [-0.2, 0) is 19.3 Å². The summed E-state index contributed by atoms with van der Waals surface area (Å²) in [5.74, 6) is 0. The number of fused-ring (bicyclic) bond motifs is 7. The lowest BCUT2D eigenvalue weighted by molar-refractivity contribution is 0.770. The van der Waals surface area contributed by atoms with Crippen molar-refractivity contribution in [3.05, 3.63) is 29.5 Å². The molecule has 0 N–H and O–H groups in total. The zero-order valence-electron chi connectivity index (χ0n) is 13.0. The summed E-state index contributed by atoms with van der Waals surface area (Å²) in [7, 11) is 0. The number of hydrogen-bond acceptors (Lipinski definition) is 5. The Bertz CT molecular complexity index is 1050. The molecule has 0 amide bonds. The van der Waals surface area contributed by atoms with Crippen molar-refractivity contribution in [1.29, 1.82) is 0 Å². The first-order chi connectivity index (χ1) is 11.4. The summed E-state index contributed by atoms with van der Waals surface area (Å²) < 4.78 is 2.99. The van der Waals surface area contributed by atoms with Crippen LogP contribution in [-0.4, -0.2) is 24.6 Å². The number of pyridine rings is 1. The molecule has 0 fully saturated rings. The molecule has 5 nitrogen and oxygen atoms in total. The van der Waals surface area contributed by atoms with Gasteiger partial charge < -0.3 is 0 Å². The van der Waals surface area contributed by atoms with Crippen LogP contribution in [0.5, 0.6) is 0 Å². The maximum absolute atomic E-state index is 5.03. The Labute approximate surface area is 137 Å². The summed E-state index contributed by atoms with van der Waals surface area (Å²) in [4.78, 5) is 10.8. The molecule has 0 aliphatic heterocycles. The fourth-order valence-corrected chi connectivity index (χ4v) is 4.89. The molecule has 23 heavy (non-hydrogen) atoms. The molecule has 4 aromatic heterocycles. The standard InChI is InChI=1S/C17H17N5S/c1-2-3-7-12-10-5-4-6-11(10)13-14-15(23-17(13)20-12)16-21-19-9-22(16)8-18-14/h8-9H,2-7H2,1H3. The highest BCUT2D eigenvalue weighted by Gasteiger charge is 2.23. The average molecular weight is 323 g/mol. The molecule has 0 atom stereocenters. The molecular weight excluding hydrogens is 306 g/mol. The number of thiophene rings is 1. The highest BCUT2D eigenvalue weighted by Crippen LogP contribution is 2.40. The molecular formula is C17H17N5S. The van der Waals surface area contributed by atoms with Gasteiger partial charge in [0, 0.05) is 11.1 Å². The number of aryl methyl sites for hydroxylation is 2. The van der Waals surface area contributed by atoms with E-state index < -0.39 is 0 Å². The van der Waals surface area contributed by atoms with Crippen LogP contribution in [0.1, 0.15) is 43.0 Å². The lowest BCUT2D eigenvalue weighted by Crippen LogP contribution is -1.98. The van der Waals surface area contributed by atoms with Gasteiger partial charge in [0.25, 0.3) is 0 Å². The molecule has 6 heteroatoms. The lowest BCUT2D eigenvalue weighted by atomic mass is 10.0. The predicted octanol–water partition coefficient (Wildman–Crippen LogP) is 3.72. The lowest BCUT2D eigenvalue weighted by Gasteiger charge is -2.08. The van der Waals surface area contributed by atoms with Crippen molar-refractivity contribution in [2.45, 2.75) is 45.4 Å². The number of rotatable bonds is 3. The first-order valence-electron chi connectivity index (χ1n) is 8.28. The smallest absolute Gasteiger partial charge is 0.181 e. The molecule has 0 saturated heterocycles. The molecule has 0 bridgehead atoms. The molecule has 4 aromatic rings. The van der Waals surface area contributed by atoms with Gasteiger partial charge in [0.2, 0.25) is 0 Å². The first-order valence-corrected chi connectivity index (χ1v) is 9.09. The zero-order chi connectivity index (χ0) is 15.4. The molecule has 0 spiro atoms. The summed E-state index contributed by atoms with van der Waals surface area (Å²) in [6, 6.07) is 0. The third-order valence-electron chi connectivity index (χ3n) is 4.82. The van der Waals surface area contributed by atoms with Crippen molar-refractivity contribution in [3.8, 4) is 0 Å². The molecule has 5 rings (SSSR count). The highest BCUT2D eigenvalue weighted by molar-refractivity contribution is 7.26. The van der Waals surface area contributed by atoms with E-state index in [2.05, 4.69) is 17.1 Å². The molecule has 0 radical (unpaired) electrons. The first kappa shape index (κ1) is 13.4. The van der Waals surface area contributed by atoms with Gasteiger partial charge in [-0.1, -0.05) is 13.3 Å². The number of hydrogen-bond donors (Lipinski definition) is 0. The van der Waals surface area contributed by atoms with Gasteiger partial charge in [0.1, 0.15) is 22.2 Å². The maximum atomic E-state index is 5.03. The van der Waals surface area contributed by atoms with E-state index in [4.69, 9.17) is 9.97 Å². The highest BCUT2D eigenvalue weighted by atomic mass is 32.1. The molecule has 1 aliphatic carbocycles. The summed E-state index contributed by atoms with van der Waals surface area (Å²) in [6.45, 7) is 2.24. The average Bonchev–Trinajstić information content (AvgIpc) is 3.27. The van der Waals surface area contributed by atoms with Crippen LogP contribution in [0.2, 0.25) is 0 Å². The van der Waals surface area contributed by atoms with E-state index in [1.54, 1.807) is 17.7 Å². The van der Waals surface area contributed by atoms with Crippen molar-refractivity contribution in [1.82, 2.24) is 24.6 Å². The molecule has 0 saturated carbocycles. The Balaban J connectivity index is 1.87. The van der Waals surface area contributed by atoms with Crippen LogP contribution < -0.4 is 0 Å². The normalized spacial score (nSPS) is 14.3. The second-order valence-electron chi connectivity index (χ2n) is 6.24. The van der Waals surface area contributed by atoms with E-state index in [9.17, 15) is 0 Å². The van der Waals surface area contributed by atoms with E-state index in [1.165, 1.54) is 47.9 Å². The van der Waals surface area contributed by atoms with E-state index in [1.807, 2.05) is 10.7 Å². The summed E-state index contributed by atoms with van der Waals surface area (Å²) >= 11 is 1.71. The predicted molar refractivity (Wildman–Crippen MR) is 92.1 cm³/mol. The SMILES string of the molecule is CCCCc1nc2sc3c(ncn4cnnc34)c2c2c1CCC2. The minimum atomic E-state index is 0.889. The fraction of sp³-hybridized carbons (Fsp3) is 0.412. The van der Waals surface area contributed by atoms with Crippen molar-refractivity contribution in [2.24, 2.45) is 0 Å². The Kier molecular flexibility index (Phi) is 2.88. The maximum Gasteiger partial charge on any atom is 0.181 e. The summed E-state index contributed by atoms with van der Waals surface area (Å²) in [6.07, 6.45) is 10.6. The topological polar surface area (TPSA) is 56.0 Å². The van der Waals surface area contributed by atoms with Gasteiger partial charge in [-0.05, 0) is 43.2 Å². The monoisotopic (exact) mass is 323 g/mol. The van der Waals surface area contributed by atoms with Crippen LogP contribution in [0.15, 0.2) is 12.7 Å². The van der Waals surface area contributed by atoms with Crippen LogP contribution in [0.4, 0.5) is 0 Å². The van der Waals surface area contributed by atoms with E-state index in [0.717, 1.165) is 33.5 Å². The Morgan fingerprint density at radius 2 is 2.13 bits per heavy atom. The van der Waals surface area contributed by atoms with E-state index in [-0.39, 0.29) is 0 Å². The Morgan fingerprint density at radius 3 is 3.04 bits per heavy atom. The van der Waals surface area contributed by atoms with Crippen LogP contribution in [0.25, 0.3) is 26.1 Å². The minimum Gasteiger partial charge on any atom is -0.271 e. The van der Waals surface area contributed by atoms with Crippen molar-refractivity contribution in [3.63, 3.8) is 0 Å². The van der Waals surface area contributed by atoms with Crippen molar-refractivity contribution >= 4 is 37.4 Å². The second-order valence-corrected chi connectivity index (χ2v) is 7.24. The second kappa shape index (κ2) is 4.96. The quantitative estimate of drug-likeness (QED) is 0.576. The number of nitrogens with zero attached hydrogens (tertiary/aromatic N) is 5. The molecule has 4 heterocycles. The van der Waals surface area contributed by atoms with E-state index >= 15 is 0 Å². The van der Waals surface area contributed by atoms with Gasteiger partial charge in [-0.3, -0.25) is 4.40 Å². The van der Waals surface area contributed by atoms with Gasteiger partial charge >= 0.3 is 0 Å². The third-order valence-corrected chi connectivity index (χ3v) is 5.89. The zero-order valence-corrected chi connectivity index (χ0v) is 13.9. The molecule has 116 valence electrons. The van der Waals surface area contributed by atoms with E-state index in [0.29, 0.717) is 0 Å². The summed E-state index contributed by atoms with van der Waals surface area (Å²) in [5.41, 5.74) is 6.24. The third kappa shape index (κ3) is 1.84. The molecule has 0 unspecified atom stereocenters. The minimum absolute atomic E-state index is 0.889. The number of aromatic nitrogens is 5. The van der Waals surface area contributed by atoms with Crippen LogP contribution in [0, 0.1) is 0 Å². The molecule has 0 aromatic carbocycles. The van der Waals surface area contributed by atoms with Gasteiger partial charge in [-0.2, -0.15) is 0 Å². The van der Waals surface area contributed by atoms with Gasteiger partial charge in [-0.15, -0.1) is 21.5 Å². The van der Waals surface area contributed by atoms with Gasteiger partial charge in [0.15, 0.2) is 5.65 Å². The van der Waals surface area contributed by atoms with Gasteiger partial charge in [0.05, 0.1) is 5.52 Å². The Hall–Kier alpha value is -2.08. The van der Waals surface area contributed by atoms with Crippen molar-refractivity contribution in [2.75, 3.05) is 0 Å². The largest absolute Gasteiger partial charge is 0.271 e. The number of unbranched alkanes of at least 4 members (excludes halogenated alkanes) is 1. The molecule has 1 aliphatic rings. The van der Waals surface area contributed by atoms with Crippen LogP contribution in [0.3, 0.4) is 0 Å². The van der Waals surface area contributed by atoms with Gasteiger partial charge in [-0.25, -0.2) is 9.97 Å². The summed E-state index contributed by atoms with van der Waals surface area (Å²) in [5, 5.41) is 9.54.